The lowest BCUT2D eigenvalue weighted by molar-refractivity contribution is 0.0822. The zero-order chi connectivity index (χ0) is 17.3. The number of carbonyl (C=O) groups excluding carboxylic acids is 1. The van der Waals surface area contributed by atoms with Gasteiger partial charge in [0.2, 0.25) is 0 Å². The molecule has 1 amide bonds. The number of hydrogen-bond donors (Lipinski definition) is 1. The van der Waals surface area contributed by atoms with Gasteiger partial charge in [0.25, 0.3) is 5.91 Å². The van der Waals surface area contributed by atoms with E-state index in [1.165, 1.54) is 5.56 Å². The summed E-state index contributed by atoms with van der Waals surface area (Å²) >= 11 is 0. The van der Waals surface area contributed by atoms with Crippen molar-refractivity contribution in [2.45, 2.75) is 31.7 Å². The molecule has 0 spiro atoms. The summed E-state index contributed by atoms with van der Waals surface area (Å²) in [6, 6.07) is 0. The maximum absolute atomic E-state index is 12.4. The Labute approximate surface area is 142 Å². The molecule has 1 aliphatic heterocycles. The maximum atomic E-state index is 12.4. The highest BCUT2D eigenvalue weighted by molar-refractivity contribution is 5.95. The van der Waals surface area contributed by atoms with Gasteiger partial charge in [0.1, 0.15) is 0 Å². The standard InChI is InChI=1S/C17H26N6O/c1-17(15-14(10-18-20-15)16(24)21(2)3)5-7-23(8-6-17)12-13-9-19-22(4)11-13/h9-11H,5-8,12H2,1-4H3,(H,18,20). The van der Waals surface area contributed by atoms with Crippen LogP contribution in [0.4, 0.5) is 0 Å². The van der Waals surface area contributed by atoms with Crippen LogP contribution in [-0.2, 0) is 19.0 Å². The second-order valence-electron chi connectivity index (χ2n) is 7.22. The highest BCUT2D eigenvalue weighted by Crippen LogP contribution is 2.36. The minimum Gasteiger partial charge on any atom is -0.345 e. The molecule has 2 aromatic rings. The molecule has 7 nitrogen and oxygen atoms in total. The van der Waals surface area contributed by atoms with Gasteiger partial charge in [-0.25, -0.2) is 0 Å². The summed E-state index contributed by atoms with van der Waals surface area (Å²) in [7, 11) is 5.49. The third-order valence-corrected chi connectivity index (χ3v) is 5.00. The Balaban J connectivity index is 1.69. The van der Waals surface area contributed by atoms with Crippen molar-refractivity contribution >= 4 is 5.91 Å². The molecule has 0 bridgehead atoms. The predicted octanol–water partition coefficient (Wildman–Crippen LogP) is 1.40. The third kappa shape index (κ3) is 3.21. The SMILES string of the molecule is CN(C)C(=O)c1cn[nH]c1C1(C)CCN(Cc2cnn(C)c2)CC1. The molecule has 0 aromatic carbocycles. The van der Waals surface area contributed by atoms with Gasteiger partial charge >= 0.3 is 0 Å². The summed E-state index contributed by atoms with van der Waals surface area (Å²) in [5.74, 6) is 0.0118. The van der Waals surface area contributed by atoms with Crippen LogP contribution in [-0.4, -0.2) is 62.9 Å². The number of amides is 1. The largest absolute Gasteiger partial charge is 0.345 e. The van der Waals surface area contributed by atoms with E-state index in [1.54, 1.807) is 25.2 Å². The normalized spacial score (nSPS) is 17.8. The molecule has 3 rings (SSSR count). The first-order valence-corrected chi connectivity index (χ1v) is 8.34. The van der Waals surface area contributed by atoms with E-state index in [-0.39, 0.29) is 11.3 Å². The molecule has 1 saturated heterocycles. The number of carbonyl (C=O) groups is 1. The zero-order valence-corrected chi connectivity index (χ0v) is 14.9. The van der Waals surface area contributed by atoms with Crippen LogP contribution in [0.3, 0.4) is 0 Å². The number of likely N-dealkylation sites (tertiary alicyclic amines) is 1. The van der Waals surface area contributed by atoms with Gasteiger partial charge in [0.15, 0.2) is 0 Å². The van der Waals surface area contributed by atoms with Crippen LogP contribution in [0, 0.1) is 0 Å². The Morgan fingerprint density at radius 1 is 1.33 bits per heavy atom. The molecule has 1 fully saturated rings. The van der Waals surface area contributed by atoms with Crippen molar-refractivity contribution in [2.75, 3.05) is 27.2 Å². The van der Waals surface area contributed by atoms with Crippen LogP contribution in [0.2, 0.25) is 0 Å². The Morgan fingerprint density at radius 3 is 2.62 bits per heavy atom. The second-order valence-corrected chi connectivity index (χ2v) is 7.22. The van der Waals surface area contributed by atoms with E-state index in [2.05, 4.69) is 33.3 Å². The van der Waals surface area contributed by atoms with Crippen LogP contribution in [0.5, 0.6) is 0 Å². The van der Waals surface area contributed by atoms with Crippen molar-refractivity contribution in [1.82, 2.24) is 29.8 Å². The van der Waals surface area contributed by atoms with Gasteiger partial charge in [0.05, 0.1) is 23.7 Å². The topological polar surface area (TPSA) is 70.1 Å². The average Bonchev–Trinajstić information content (AvgIpc) is 3.18. The van der Waals surface area contributed by atoms with Gasteiger partial charge in [-0.2, -0.15) is 10.2 Å². The summed E-state index contributed by atoms with van der Waals surface area (Å²) in [5, 5.41) is 11.5. The van der Waals surface area contributed by atoms with Crippen LogP contribution in [0.25, 0.3) is 0 Å². The fourth-order valence-electron chi connectivity index (χ4n) is 3.42. The first kappa shape index (κ1) is 16.7. The van der Waals surface area contributed by atoms with Gasteiger partial charge in [0, 0.05) is 44.9 Å². The summed E-state index contributed by atoms with van der Waals surface area (Å²) < 4.78 is 1.84. The average molecular weight is 330 g/mol. The van der Waals surface area contributed by atoms with Crippen LogP contribution in [0.1, 0.15) is 41.4 Å². The minimum absolute atomic E-state index is 0.0118. The molecule has 0 atom stereocenters. The van der Waals surface area contributed by atoms with Crippen LogP contribution < -0.4 is 0 Å². The maximum Gasteiger partial charge on any atom is 0.256 e. The van der Waals surface area contributed by atoms with Crippen LogP contribution in [0.15, 0.2) is 18.6 Å². The van der Waals surface area contributed by atoms with E-state index in [0.29, 0.717) is 5.56 Å². The Morgan fingerprint density at radius 2 is 2.04 bits per heavy atom. The van der Waals surface area contributed by atoms with E-state index in [0.717, 1.165) is 38.2 Å². The molecule has 130 valence electrons. The van der Waals surface area contributed by atoms with Crippen LogP contribution >= 0.6 is 0 Å². The zero-order valence-electron chi connectivity index (χ0n) is 14.9. The van der Waals surface area contributed by atoms with Gasteiger partial charge in [-0.05, 0) is 25.9 Å². The quantitative estimate of drug-likeness (QED) is 0.920. The Kier molecular flexibility index (Phi) is 4.45. The molecule has 1 aliphatic rings. The molecular weight excluding hydrogens is 304 g/mol. The number of nitrogens with one attached hydrogen (secondary N) is 1. The number of aryl methyl sites for hydroxylation is 1. The monoisotopic (exact) mass is 330 g/mol. The van der Waals surface area contributed by atoms with Crippen molar-refractivity contribution < 1.29 is 4.79 Å². The summed E-state index contributed by atoms with van der Waals surface area (Å²) in [6.07, 6.45) is 7.66. The van der Waals surface area contributed by atoms with Crippen molar-refractivity contribution in [3.63, 3.8) is 0 Å². The lowest BCUT2D eigenvalue weighted by Crippen LogP contribution is -2.41. The van der Waals surface area contributed by atoms with Crippen molar-refractivity contribution in [1.29, 1.82) is 0 Å². The van der Waals surface area contributed by atoms with Gasteiger partial charge < -0.3 is 4.90 Å². The van der Waals surface area contributed by atoms with Gasteiger partial charge in [-0.15, -0.1) is 0 Å². The van der Waals surface area contributed by atoms with Gasteiger partial charge in [-0.1, -0.05) is 6.92 Å². The van der Waals surface area contributed by atoms with E-state index in [4.69, 9.17) is 0 Å². The highest BCUT2D eigenvalue weighted by Gasteiger charge is 2.36. The molecule has 0 unspecified atom stereocenters. The van der Waals surface area contributed by atoms with Crippen molar-refractivity contribution in [2.24, 2.45) is 7.05 Å². The molecule has 0 aliphatic carbocycles. The molecule has 0 saturated carbocycles. The number of H-pyrrole nitrogens is 1. The van der Waals surface area contributed by atoms with E-state index in [1.807, 2.05) is 17.9 Å². The molecule has 24 heavy (non-hydrogen) atoms. The second kappa shape index (κ2) is 6.39. The lowest BCUT2D eigenvalue weighted by Gasteiger charge is -2.39. The molecular formula is C17H26N6O. The van der Waals surface area contributed by atoms with E-state index in [9.17, 15) is 4.79 Å². The molecule has 3 heterocycles. The highest BCUT2D eigenvalue weighted by atomic mass is 16.2. The van der Waals surface area contributed by atoms with Crippen molar-refractivity contribution in [3.05, 3.63) is 35.4 Å². The smallest absolute Gasteiger partial charge is 0.256 e. The number of aromatic nitrogens is 4. The lowest BCUT2D eigenvalue weighted by atomic mass is 9.76. The minimum atomic E-state index is -0.0387. The summed E-state index contributed by atoms with van der Waals surface area (Å²) in [6.45, 7) is 5.16. The molecule has 1 N–H and O–H groups in total. The Hall–Kier alpha value is -2.15. The third-order valence-electron chi connectivity index (χ3n) is 5.00. The molecule has 0 radical (unpaired) electrons. The fraction of sp³-hybridized carbons (Fsp3) is 0.588. The van der Waals surface area contributed by atoms with Crippen molar-refractivity contribution in [3.8, 4) is 0 Å². The number of aromatic amines is 1. The first-order valence-electron chi connectivity index (χ1n) is 8.34. The number of piperidine rings is 1. The number of rotatable bonds is 4. The predicted molar refractivity (Wildman–Crippen MR) is 91.7 cm³/mol. The van der Waals surface area contributed by atoms with E-state index < -0.39 is 0 Å². The van der Waals surface area contributed by atoms with Gasteiger partial charge in [-0.3, -0.25) is 19.5 Å². The Bertz CT molecular complexity index is 708. The number of nitrogens with zero attached hydrogens (tertiary/aromatic N) is 5. The first-order chi connectivity index (χ1) is 11.4. The fourth-order valence-corrected chi connectivity index (χ4v) is 3.42. The molecule has 2 aromatic heterocycles. The number of hydrogen-bond acceptors (Lipinski definition) is 4. The van der Waals surface area contributed by atoms with E-state index >= 15 is 0 Å². The summed E-state index contributed by atoms with van der Waals surface area (Å²) in [4.78, 5) is 16.4. The summed E-state index contributed by atoms with van der Waals surface area (Å²) in [5.41, 5.74) is 2.87. The molecule has 7 heteroatoms.